The second kappa shape index (κ2) is 7.33. The Labute approximate surface area is 159 Å². The van der Waals surface area contributed by atoms with Gasteiger partial charge in [-0.05, 0) is 49.3 Å². The van der Waals surface area contributed by atoms with Crippen molar-refractivity contribution >= 4 is 17.8 Å². The largest absolute Gasteiger partial charge is 0.480 e. The minimum atomic E-state index is -0.906. The van der Waals surface area contributed by atoms with Crippen LogP contribution in [0.3, 0.4) is 0 Å². The first-order valence-electron chi connectivity index (χ1n) is 9.97. The fraction of sp³-hybridized carbons (Fsp3) is 0.571. The summed E-state index contributed by atoms with van der Waals surface area (Å²) in [6, 6.07) is 6.64. The van der Waals surface area contributed by atoms with Crippen LogP contribution in [0.15, 0.2) is 24.3 Å². The van der Waals surface area contributed by atoms with Crippen molar-refractivity contribution < 1.29 is 19.5 Å². The number of fused-ring (bicyclic) bond motifs is 1. The number of carbonyl (C=O) groups is 3. The van der Waals surface area contributed by atoms with Gasteiger partial charge in [-0.2, -0.15) is 0 Å². The third kappa shape index (κ3) is 3.45. The third-order valence-corrected chi connectivity index (χ3v) is 6.33. The summed E-state index contributed by atoms with van der Waals surface area (Å²) < 4.78 is 0. The number of aliphatic carboxylic acids is 1. The van der Waals surface area contributed by atoms with Gasteiger partial charge in [-0.25, -0.2) is 4.79 Å². The van der Waals surface area contributed by atoms with Crippen molar-refractivity contribution in [2.75, 3.05) is 6.54 Å². The molecule has 0 bridgehead atoms. The van der Waals surface area contributed by atoms with E-state index in [1.165, 1.54) is 0 Å². The summed E-state index contributed by atoms with van der Waals surface area (Å²) in [5.41, 5.74) is 1.44. The summed E-state index contributed by atoms with van der Waals surface area (Å²) in [6.45, 7) is 1.27. The lowest BCUT2D eigenvalue weighted by atomic mass is 9.84. The van der Waals surface area contributed by atoms with Crippen LogP contribution < -0.4 is 0 Å². The molecule has 144 valence electrons. The van der Waals surface area contributed by atoms with Crippen molar-refractivity contribution in [2.45, 2.75) is 63.6 Å². The number of hydrogen-bond donors (Lipinski definition) is 1. The van der Waals surface area contributed by atoms with Gasteiger partial charge in [-0.3, -0.25) is 9.59 Å². The molecule has 0 radical (unpaired) electrons. The molecule has 0 aromatic heterocycles. The highest BCUT2D eigenvalue weighted by Crippen LogP contribution is 2.40. The fourth-order valence-corrected chi connectivity index (χ4v) is 5.02. The molecule has 1 N–H and O–H groups in total. The molecule has 3 atom stereocenters. The molecule has 3 unspecified atom stereocenters. The molecular formula is C21H26N2O4. The van der Waals surface area contributed by atoms with Crippen molar-refractivity contribution in [3.63, 3.8) is 0 Å². The Balaban J connectivity index is 1.56. The van der Waals surface area contributed by atoms with Crippen LogP contribution in [-0.2, 0) is 16.1 Å². The summed E-state index contributed by atoms with van der Waals surface area (Å²) >= 11 is 0. The van der Waals surface area contributed by atoms with Gasteiger partial charge in [-0.15, -0.1) is 0 Å². The molecule has 1 aromatic rings. The Morgan fingerprint density at radius 3 is 2.70 bits per heavy atom. The number of benzene rings is 1. The quantitative estimate of drug-likeness (QED) is 0.884. The molecule has 6 nitrogen and oxygen atoms in total. The van der Waals surface area contributed by atoms with Crippen LogP contribution in [0.4, 0.5) is 0 Å². The first-order chi connectivity index (χ1) is 13.0. The maximum Gasteiger partial charge on any atom is 0.326 e. The SMILES string of the molecule is O=C(O)C1CC2CCCCC2N1C(=O)c1cccc(CN2CCCC2=O)c1. The summed E-state index contributed by atoms with van der Waals surface area (Å²) in [5.74, 6) is -0.639. The molecule has 2 amide bonds. The maximum atomic E-state index is 13.3. The second-order valence-corrected chi connectivity index (χ2v) is 8.03. The van der Waals surface area contributed by atoms with E-state index in [4.69, 9.17) is 0 Å². The number of carboxylic acids is 1. The van der Waals surface area contributed by atoms with Crippen molar-refractivity contribution in [3.8, 4) is 0 Å². The molecule has 2 heterocycles. The van der Waals surface area contributed by atoms with E-state index < -0.39 is 12.0 Å². The van der Waals surface area contributed by atoms with E-state index in [9.17, 15) is 19.5 Å². The number of nitrogens with zero attached hydrogens (tertiary/aromatic N) is 2. The maximum absolute atomic E-state index is 13.3. The molecule has 2 aliphatic heterocycles. The smallest absolute Gasteiger partial charge is 0.326 e. The lowest BCUT2D eigenvalue weighted by Crippen LogP contribution is -2.46. The highest BCUT2D eigenvalue weighted by Gasteiger charge is 2.47. The van der Waals surface area contributed by atoms with Gasteiger partial charge in [0.05, 0.1) is 0 Å². The number of likely N-dealkylation sites (tertiary alicyclic amines) is 2. The molecule has 2 saturated heterocycles. The highest BCUT2D eigenvalue weighted by molar-refractivity contribution is 5.97. The molecule has 1 aromatic carbocycles. The van der Waals surface area contributed by atoms with Crippen molar-refractivity contribution in [1.29, 1.82) is 0 Å². The Morgan fingerprint density at radius 1 is 1.15 bits per heavy atom. The third-order valence-electron chi connectivity index (χ3n) is 6.33. The first-order valence-corrected chi connectivity index (χ1v) is 9.97. The van der Waals surface area contributed by atoms with Gasteiger partial charge < -0.3 is 14.9 Å². The van der Waals surface area contributed by atoms with Gasteiger partial charge >= 0.3 is 5.97 Å². The molecule has 6 heteroatoms. The molecule has 3 aliphatic rings. The topological polar surface area (TPSA) is 77.9 Å². The van der Waals surface area contributed by atoms with Crippen LogP contribution in [-0.4, -0.2) is 51.3 Å². The normalized spacial score (nSPS) is 27.7. The van der Waals surface area contributed by atoms with Gasteiger partial charge in [0.15, 0.2) is 0 Å². The number of carboxylic acid groups (broad SMARTS) is 1. The van der Waals surface area contributed by atoms with Gasteiger partial charge in [0.25, 0.3) is 5.91 Å². The molecule has 1 saturated carbocycles. The van der Waals surface area contributed by atoms with Crippen LogP contribution in [0, 0.1) is 5.92 Å². The van der Waals surface area contributed by atoms with Crippen molar-refractivity contribution in [2.24, 2.45) is 5.92 Å². The Kier molecular flexibility index (Phi) is 4.89. The number of rotatable bonds is 4. The van der Waals surface area contributed by atoms with Crippen LogP contribution in [0.1, 0.15) is 60.9 Å². The minimum Gasteiger partial charge on any atom is -0.480 e. The highest BCUT2D eigenvalue weighted by atomic mass is 16.4. The van der Waals surface area contributed by atoms with E-state index in [2.05, 4.69) is 0 Å². The van der Waals surface area contributed by atoms with Crippen LogP contribution in [0.25, 0.3) is 0 Å². The second-order valence-electron chi connectivity index (χ2n) is 8.03. The lowest BCUT2D eigenvalue weighted by molar-refractivity contribution is -0.141. The zero-order chi connectivity index (χ0) is 19.0. The van der Waals surface area contributed by atoms with E-state index in [0.29, 0.717) is 30.9 Å². The monoisotopic (exact) mass is 370 g/mol. The van der Waals surface area contributed by atoms with Gasteiger partial charge in [-0.1, -0.05) is 25.0 Å². The minimum absolute atomic E-state index is 0.0381. The van der Waals surface area contributed by atoms with Crippen LogP contribution in [0.2, 0.25) is 0 Å². The van der Waals surface area contributed by atoms with E-state index in [1.54, 1.807) is 11.0 Å². The number of hydrogen-bond acceptors (Lipinski definition) is 3. The Morgan fingerprint density at radius 2 is 1.96 bits per heavy atom. The van der Waals surface area contributed by atoms with Crippen molar-refractivity contribution in [3.05, 3.63) is 35.4 Å². The van der Waals surface area contributed by atoms with Gasteiger partial charge in [0.1, 0.15) is 6.04 Å². The predicted molar refractivity (Wildman–Crippen MR) is 99.0 cm³/mol. The molecule has 0 spiro atoms. The molecule has 27 heavy (non-hydrogen) atoms. The lowest BCUT2D eigenvalue weighted by Gasteiger charge is -2.33. The first kappa shape index (κ1) is 18.0. The van der Waals surface area contributed by atoms with Crippen LogP contribution >= 0.6 is 0 Å². The summed E-state index contributed by atoms with van der Waals surface area (Å²) in [4.78, 5) is 40.4. The van der Waals surface area contributed by atoms with Gasteiger partial charge in [0, 0.05) is 31.1 Å². The summed E-state index contributed by atoms with van der Waals surface area (Å²) in [6.07, 6.45) is 6.11. The molecular weight excluding hydrogens is 344 g/mol. The Hall–Kier alpha value is -2.37. The molecule has 1 aliphatic carbocycles. The van der Waals surface area contributed by atoms with E-state index in [1.807, 2.05) is 23.1 Å². The fourth-order valence-electron chi connectivity index (χ4n) is 5.02. The van der Waals surface area contributed by atoms with Gasteiger partial charge in [0.2, 0.25) is 5.91 Å². The predicted octanol–water partition coefficient (Wildman–Crippen LogP) is 2.67. The zero-order valence-corrected chi connectivity index (χ0v) is 15.5. The number of carbonyl (C=O) groups excluding carboxylic acids is 2. The number of amides is 2. The van der Waals surface area contributed by atoms with E-state index in [0.717, 1.165) is 44.2 Å². The molecule has 4 rings (SSSR count). The van der Waals surface area contributed by atoms with Crippen LogP contribution in [0.5, 0.6) is 0 Å². The van der Waals surface area contributed by atoms with E-state index >= 15 is 0 Å². The average molecular weight is 370 g/mol. The standard InChI is InChI=1S/C21H26N2O4/c24-19-9-4-10-22(19)13-14-5-3-7-16(11-14)20(25)23-17-8-2-1-6-15(17)12-18(23)21(26)27/h3,5,7,11,15,17-18H,1-2,4,6,8-10,12-13H2,(H,26,27). The van der Waals surface area contributed by atoms with E-state index in [-0.39, 0.29) is 17.9 Å². The van der Waals surface area contributed by atoms with Crippen molar-refractivity contribution in [1.82, 2.24) is 9.80 Å². The summed E-state index contributed by atoms with van der Waals surface area (Å²) in [5, 5.41) is 9.66. The zero-order valence-electron chi connectivity index (χ0n) is 15.5. The summed E-state index contributed by atoms with van der Waals surface area (Å²) in [7, 11) is 0. The average Bonchev–Trinajstić information content (AvgIpc) is 3.25. The molecule has 3 fully saturated rings. The Bertz CT molecular complexity index is 762.